The third-order valence-electron chi connectivity index (χ3n) is 3.66. The molecule has 2 amide bonds. The molecule has 8 heteroatoms. The normalized spacial score (nSPS) is 10.2. The minimum Gasteiger partial charge on any atom is -0.338 e. The molecule has 3 N–H and O–H groups in total. The molecule has 2 aromatic carbocycles. The number of rotatable bonds is 5. The minimum atomic E-state index is -0.772. The van der Waals surface area contributed by atoms with E-state index >= 15 is 0 Å². The molecule has 0 saturated carbocycles. The summed E-state index contributed by atoms with van der Waals surface area (Å²) in [5, 5.41) is 8.05. The first-order chi connectivity index (χ1) is 13.4. The van der Waals surface area contributed by atoms with E-state index in [0.717, 1.165) is 12.1 Å². The van der Waals surface area contributed by atoms with E-state index in [0.29, 0.717) is 11.4 Å². The molecule has 0 saturated heterocycles. The summed E-state index contributed by atoms with van der Waals surface area (Å²) in [4.78, 5) is 27.7. The predicted molar refractivity (Wildman–Crippen MR) is 103 cm³/mol. The van der Waals surface area contributed by atoms with Crippen molar-refractivity contribution < 1.29 is 18.4 Å². The van der Waals surface area contributed by atoms with Crippen LogP contribution in [0.1, 0.15) is 17.3 Å². The summed E-state index contributed by atoms with van der Waals surface area (Å²) in [5.74, 6) is -1.87. The number of carbonyl (C=O) groups is 2. The Morgan fingerprint density at radius 1 is 0.929 bits per heavy atom. The zero-order valence-corrected chi connectivity index (χ0v) is 14.8. The molecule has 0 aliphatic heterocycles. The van der Waals surface area contributed by atoms with Crippen molar-refractivity contribution in [3.05, 3.63) is 78.0 Å². The second kappa shape index (κ2) is 8.26. The molecule has 0 radical (unpaired) electrons. The number of aromatic nitrogens is 1. The molecule has 0 bridgehead atoms. The SMILES string of the molecule is CC(=O)Nc1cccc(NC(=O)c2ccnc(Nc3ccc(F)cc3F)c2)c1. The molecule has 142 valence electrons. The highest BCUT2D eigenvalue weighted by Gasteiger charge is 2.10. The van der Waals surface area contributed by atoms with Crippen molar-refractivity contribution in [2.45, 2.75) is 6.92 Å². The molecular formula is C20H16F2N4O2. The Labute approximate surface area is 159 Å². The molecule has 28 heavy (non-hydrogen) atoms. The van der Waals surface area contributed by atoms with E-state index in [1.807, 2.05) is 0 Å². The zero-order chi connectivity index (χ0) is 20.1. The van der Waals surface area contributed by atoms with Crippen molar-refractivity contribution in [3.8, 4) is 0 Å². The lowest BCUT2D eigenvalue weighted by atomic mass is 10.2. The molecule has 0 spiro atoms. The maximum Gasteiger partial charge on any atom is 0.255 e. The van der Waals surface area contributed by atoms with Gasteiger partial charge in [-0.25, -0.2) is 13.8 Å². The van der Waals surface area contributed by atoms with Gasteiger partial charge in [0.1, 0.15) is 17.5 Å². The highest BCUT2D eigenvalue weighted by Crippen LogP contribution is 2.21. The van der Waals surface area contributed by atoms with Crippen LogP contribution >= 0.6 is 0 Å². The van der Waals surface area contributed by atoms with Crippen LogP contribution in [0.3, 0.4) is 0 Å². The summed E-state index contributed by atoms with van der Waals surface area (Å²) in [7, 11) is 0. The van der Waals surface area contributed by atoms with Gasteiger partial charge in [0.25, 0.3) is 5.91 Å². The Bertz CT molecular complexity index is 1040. The fourth-order valence-electron chi connectivity index (χ4n) is 2.45. The molecule has 3 aromatic rings. The van der Waals surface area contributed by atoms with Gasteiger partial charge < -0.3 is 16.0 Å². The van der Waals surface area contributed by atoms with Gasteiger partial charge >= 0.3 is 0 Å². The van der Waals surface area contributed by atoms with Crippen LogP contribution in [0, 0.1) is 11.6 Å². The standard InChI is InChI=1S/C20H16F2N4O2/c1-12(27)24-15-3-2-4-16(11-15)25-20(28)13-7-8-23-19(9-13)26-18-6-5-14(21)10-17(18)22/h2-11H,1H3,(H,23,26)(H,24,27)(H,25,28). The van der Waals surface area contributed by atoms with Crippen molar-refractivity contribution >= 4 is 34.7 Å². The number of anilines is 4. The van der Waals surface area contributed by atoms with Crippen LogP contribution < -0.4 is 16.0 Å². The van der Waals surface area contributed by atoms with E-state index in [4.69, 9.17) is 0 Å². The van der Waals surface area contributed by atoms with Crippen LogP contribution in [0.5, 0.6) is 0 Å². The second-order valence-electron chi connectivity index (χ2n) is 5.90. The number of amides is 2. The lowest BCUT2D eigenvalue weighted by molar-refractivity contribution is -0.114. The number of pyridine rings is 1. The van der Waals surface area contributed by atoms with Crippen molar-refractivity contribution in [3.63, 3.8) is 0 Å². The Kier molecular flexibility index (Phi) is 5.59. The molecule has 6 nitrogen and oxygen atoms in total. The number of hydrogen-bond donors (Lipinski definition) is 3. The van der Waals surface area contributed by atoms with Crippen LogP contribution in [0.4, 0.5) is 31.7 Å². The van der Waals surface area contributed by atoms with Crippen LogP contribution in [0.25, 0.3) is 0 Å². The number of nitrogens with one attached hydrogen (secondary N) is 3. The van der Waals surface area contributed by atoms with E-state index in [1.54, 1.807) is 24.3 Å². The fraction of sp³-hybridized carbons (Fsp3) is 0.0500. The Morgan fingerprint density at radius 2 is 1.68 bits per heavy atom. The van der Waals surface area contributed by atoms with Gasteiger partial charge in [0.2, 0.25) is 5.91 Å². The fourth-order valence-corrected chi connectivity index (χ4v) is 2.45. The lowest BCUT2D eigenvalue weighted by Gasteiger charge is -2.10. The van der Waals surface area contributed by atoms with Gasteiger partial charge in [0.15, 0.2) is 0 Å². The average Bonchev–Trinajstić information content (AvgIpc) is 2.64. The van der Waals surface area contributed by atoms with Crippen LogP contribution in [-0.4, -0.2) is 16.8 Å². The molecular weight excluding hydrogens is 366 g/mol. The summed E-state index contributed by atoms with van der Waals surface area (Å²) in [6.07, 6.45) is 1.40. The number of halogens is 2. The first-order valence-electron chi connectivity index (χ1n) is 8.28. The predicted octanol–water partition coefficient (Wildman–Crippen LogP) is 4.31. The third-order valence-corrected chi connectivity index (χ3v) is 3.66. The second-order valence-corrected chi connectivity index (χ2v) is 5.90. The largest absolute Gasteiger partial charge is 0.338 e. The Hall–Kier alpha value is -3.81. The van der Waals surface area contributed by atoms with Crippen LogP contribution in [0.2, 0.25) is 0 Å². The van der Waals surface area contributed by atoms with E-state index in [1.165, 1.54) is 31.3 Å². The first-order valence-corrected chi connectivity index (χ1v) is 8.28. The summed E-state index contributed by atoms with van der Waals surface area (Å²) >= 11 is 0. The maximum absolute atomic E-state index is 13.8. The Morgan fingerprint density at radius 3 is 2.39 bits per heavy atom. The highest BCUT2D eigenvalue weighted by atomic mass is 19.1. The molecule has 3 rings (SSSR count). The summed E-state index contributed by atoms with van der Waals surface area (Å²) in [6, 6.07) is 12.7. The van der Waals surface area contributed by atoms with Crippen molar-refractivity contribution in [1.82, 2.24) is 4.98 Å². The number of carbonyl (C=O) groups excluding carboxylic acids is 2. The summed E-state index contributed by atoms with van der Waals surface area (Å²) in [5.41, 5.74) is 1.36. The van der Waals surface area contributed by atoms with Gasteiger partial charge in [0, 0.05) is 36.1 Å². The van der Waals surface area contributed by atoms with Gasteiger partial charge in [-0.3, -0.25) is 9.59 Å². The number of hydrogen-bond acceptors (Lipinski definition) is 4. The smallest absolute Gasteiger partial charge is 0.255 e. The number of benzene rings is 2. The van der Waals surface area contributed by atoms with Gasteiger partial charge in [-0.1, -0.05) is 6.07 Å². The van der Waals surface area contributed by atoms with E-state index in [-0.39, 0.29) is 23.0 Å². The van der Waals surface area contributed by atoms with E-state index in [9.17, 15) is 18.4 Å². The third kappa shape index (κ3) is 4.88. The zero-order valence-electron chi connectivity index (χ0n) is 14.8. The topological polar surface area (TPSA) is 83.1 Å². The molecule has 0 aliphatic rings. The van der Waals surface area contributed by atoms with Crippen molar-refractivity contribution in [1.29, 1.82) is 0 Å². The van der Waals surface area contributed by atoms with Crippen molar-refractivity contribution in [2.24, 2.45) is 0 Å². The van der Waals surface area contributed by atoms with Crippen LogP contribution in [0.15, 0.2) is 60.8 Å². The molecule has 0 unspecified atom stereocenters. The van der Waals surface area contributed by atoms with Gasteiger partial charge in [-0.2, -0.15) is 0 Å². The van der Waals surface area contributed by atoms with Gasteiger partial charge in [-0.05, 0) is 42.5 Å². The maximum atomic E-state index is 13.8. The monoisotopic (exact) mass is 382 g/mol. The molecule has 0 aliphatic carbocycles. The first kappa shape index (κ1) is 19.0. The summed E-state index contributed by atoms with van der Waals surface area (Å²) < 4.78 is 26.8. The van der Waals surface area contributed by atoms with E-state index in [2.05, 4.69) is 20.9 Å². The Balaban J connectivity index is 1.74. The average molecular weight is 382 g/mol. The summed E-state index contributed by atoms with van der Waals surface area (Å²) in [6.45, 7) is 1.39. The molecule has 1 heterocycles. The lowest BCUT2D eigenvalue weighted by Crippen LogP contribution is -2.13. The van der Waals surface area contributed by atoms with Crippen LogP contribution in [-0.2, 0) is 4.79 Å². The molecule has 0 fully saturated rings. The van der Waals surface area contributed by atoms with E-state index < -0.39 is 17.5 Å². The number of nitrogens with zero attached hydrogens (tertiary/aromatic N) is 1. The minimum absolute atomic E-state index is 0.0365. The van der Waals surface area contributed by atoms with Crippen molar-refractivity contribution in [2.75, 3.05) is 16.0 Å². The molecule has 1 aromatic heterocycles. The molecule has 0 atom stereocenters. The van der Waals surface area contributed by atoms with Gasteiger partial charge in [-0.15, -0.1) is 0 Å². The van der Waals surface area contributed by atoms with Gasteiger partial charge in [0.05, 0.1) is 5.69 Å². The highest BCUT2D eigenvalue weighted by molar-refractivity contribution is 6.05. The quantitative estimate of drug-likeness (QED) is 0.614.